The van der Waals surface area contributed by atoms with E-state index in [1.165, 1.54) is 6.07 Å². The van der Waals surface area contributed by atoms with Gasteiger partial charge in [0.05, 0.1) is 17.2 Å². The predicted octanol–water partition coefficient (Wildman–Crippen LogP) is 5.23. The van der Waals surface area contributed by atoms with Gasteiger partial charge in [-0.1, -0.05) is 41.9 Å². The highest BCUT2D eigenvalue weighted by atomic mass is 35.5. The Morgan fingerprint density at radius 2 is 1.88 bits per heavy atom. The molecule has 0 spiro atoms. The fourth-order valence-electron chi connectivity index (χ4n) is 3.99. The zero-order valence-electron chi connectivity index (χ0n) is 17.8. The molecule has 1 aliphatic heterocycles. The summed E-state index contributed by atoms with van der Waals surface area (Å²) in [4.78, 5) is 0. The molecule has 0 fully saturated rings. The van der Waals surface area contributed by atoms with Gasteiger partial charge in [-0.15, -0.1) is 5.10 Å². The van der Waals surface area contributed by atoms with Crippen molar-refractivity contribution in [2.24, 2.45) is 5.73 Å². The number of hydrogen-bond donors (Lipinski definition) is 3. The normalized spacial score (nSPS) is 14.8. The number of phenolic OH excluding ortho intramolecular Hbond substituents is 1. The molecular weight excluding hydrogens is 452 g/mol. The zero-order chi connectivity index (χ0) is 23.7. The number of phenols is 1. The molecule has 0 amide bonds. The van der Waals surface area contributed by atoms with Crippen LogP contribution in [0.3, 0.4) is 0 Å². The lowest BCUT2D eigenvalue weighted by Gasteiger charge is -2.24. The van der Waals surface area contributed by atoms with Gasteiger partial charge in [0.25, 0.3) is 0 Å². The van der Waals surface area contributed by atoms with Crippen molar-refractivity contribution in [2.45, 2.75) is 12.5 Å². The monoisotopic (exact) mass is 470 g/mol. The molecule has 7 nitrogen and oxygen atoms in total. The number of aromatic nitrogens is 2. The number of hydrogen-bond acceptors (Lipinski definition) is 6. The van der Waals surface area contributed by atoms with Crippen molar-refractivity contribution in [1.29, 1.82) is 5.26 Å². The van der Waals surface area contributed by atoms with Crippen LogP contribution in [0.1, 0.15) is 22.6 Å². The number of allylic oxidation sites excluding steroid dienone is 1. The second-order valence-electron chi connectivity index (χ2n) is 7.74. The first-order valence-corrected chi connectivity index (χ1v) is 10.8. The van der Waals surface area contributed by atoms with Crippen molar-refractivity contribution >= 4 is 11.6 Å². The highest BCUT2D eigenvalue weighted by Gasteiger charge is 2.37. The van der Waals surface area contributed by atoms with Gasteiger partial charge in [0.1, 0.15) is 29.7 Å². The number of nitrogens with one attached hydrogen (secondary N) is 1. The van der Waals surface area contributed by atoms with E-state index in [1.807, 2.05) is 54.6 Å². The number of H-pyrrole nitrogens is 1. The summed E-state index contributed by atoms with van der Waals surface area (Å²) >= 11 is 6.20. The smallest absolute Gasteiger partial charge is 0.244 e. The van der Waals surface area contributed by atoms with E-state index in [0.717, 1.165) is 11.1 Å². The van der Waals surface area contributed by atoms with E-state index in [1.54, 1.807) is 12.1 Å². The van der Waals surface area contributed by atoms with Gasteiger partial charge in [0, 0.05) is 16.1 Å². The molecular formula is C26H19ClN4O3. The molecule has 8 heteroatoms. The molecule has 1 unspecified atom stereocenters. The van der Waals surface area contributed by atoms with Crippen molar-refractivity contribution in [1.82, 2.24) is 10.2 Å². The van der Waals surface area contributed by atoms with Gasteiger partial charge in [-0.2, -0.15) is 5.26 Å². The van der Waals surface area contributed by atoms with Crippen molar-refractivity contribution in [2.75, 3.05) is 0 Å². The van der Waals surface area contributed by atoms with Gasteiger partial charge < -0.3 is 20.3 Å². The number of aromatic hydroxyl groups is 1. The second kappa shape index (κ2) is 8.85. The summed E-state index contributed by atoms with van der Waals surface area (Å²) in [6.45, 7) is 0.458. The number of nitrogens with two attached hydrogens (primary N) is 1. The predicted molar refractivity (Wildman–Crippen MR) is 127 cm³/mol. The number of fused-ring (bicyclic) bond motifs is 1. The Morgan fingerprint density at radius 1 is 1.12 bits per heavy atom. The first kappa shape index (κ1) is 21.4. The molecule has 0 radical (unpaired) electrons. The number of rotatable bonds is 5. The molecule has 0 bridgehead atoms. The maximum absolute atomic E-state index is 10.6. The third-order valence-corrected chi connectivity index (χ3v) is 5.87. The minimum atomic E-state index is -0.713. The standard InChI is InChI=1S/C26H19ClN4O3/c27-17-8-11-21(32)19(12-17)22-20(13-28)25(29)34-26-23(22)24(30-31-26)16-6-9-18(10-7-16)33-14-15-4-2-1-3-5-15/h1-12,22,32H,14,29H2,(H,30,31). The molecule has 1 aromatic heterocycles. The number of nitriles is 1. The third kappa shape index (κ3) is 3.91. The number of benzene rings is 3. The molecule has 1 aliphatic rings. The van der Waals surface area contributed by atoms with Crippen molar-refractivity contribution < 1.29 is 14.6 Å². The summed E-state index contributed by atoms with van der Waals surface area (Å²) in [7, 11) is 0. The van der Waals surface area contributed by atoms with Gasteiger partial charge >= 0.3 is 0 Å². The summed E-state index contributed by atoms with van der Waals surface area (Å²) in [6, 6.07) is 24.2. The van der Waals surface area contributed by atoms with Crippen molar-refractivity contribution in [3.63, 3.8) is 0 Å². The molecule has 34 heavy (non-hydrogen) atoms. The van der Waals surface area contributed by atoms with Gasteiger partial charge in [0.15, 0.2) is 0 Å². The molecule has 4 aromatic rings. The molecule has 168 valence electrons. The maximum Gasteiger partial charge on any atom is 0.244 e. The molecule has 1 atom stereocenters. The number of halogens is 1. The Labute approximate surface area is 200 Å². The Kier molecular flexibility index (Phi) is 5.58. The summed E-state index contributed by atoms with van der Waals surface area (Å²) in [5, 5.41) is 28.1. The molecule has 3 aromatic carbocycles. The summed E-state index contributed by atoms with van der Waals surface area (Å²) < 4.78 is 11.5. The van der Waals surface area contributed by atoms with Crippen LogP contribution in [0.5, 0.6) is 17.4 Å². The van der Waals surface area contributed by atoms with Crippen LogP contribution in [-0.4, -0.2) is 15.3 Å². The van der Waals surface area contributed by atoms with Crippen LogP contribution >= 0.6 is 11.6 Å². The topological polar surface area (TPSA) is 117 Å². The van der Waals surface area contributed by atoms with Crippen LogP contribution in [0, 0.1) is 11.3 Å². The zero-order valence-corrected chi connectivity index (χ0v) is 18.6. The second-order valence-corrected chi connectivity index (χ2v) is 8.18. The van der Waals surface area contributed by atoms with E-state index in [9.17, 15) is 10.4 Å². The fourth-order valence-corrected chi connectivity index (χ4v) is 4.17. The van der Waals surface area contributed by atoms with Gasteiger partial charge in [-0.05, 0) is 48.0 Å². The average Bonchev–Trinajstić information content (AvgIpc) is 3.27. The molecule has 0 saturated carbocycles. The minimum Gasteiger partial charge on any atom is -0.508 e. The third-order valence-electron chi connectivity index (χ3n) is 5.63. The van der Waals surface area contributed by atoms with E-state index in [-0.39, 0.29) is 23.1 Å². The van der Waals surface area contributed by atoms with Crippen LogP contribution in [0.4, 0.5) is 0 Å². The number of nitrogens with zero attached hydrogens (tertiary/aromatic N) is 2. The quantitative estimate of drug-likeness (QED) is 0.367. The molecule has 5 rings (SSSR count). The van der Waals surface area contributed by atoms with Crippen LogP contribution in [0.15, 0.2) is 84.3 Å². The SMILES string of the molecule is N#CC1=C(N)Oc2n[nH]c(-c3ccc(OCc4ccccc4)cc3)c2C1c1cc(Cl)ccc1O. The highest BCUT2D eigenvalue weighted by Crippen LogP contribution is 2.48. The number of aromatic amines is 1. The van der Waals surface area contributed by atoms with E-state index in [0.29, 0.717) is 34.2 Å². The Bertz CT molecular complexity index is 1420. The highest BCUT2D eigenvalue weighted by molar-refractivity contribution is 6.30. The fraction of sp³-hybridized carbons (Fsp3) is 0.0769. The van der Waals surface area contributed by atoms with E-state index >= 15 is 0 Å². The lowest BCUT2D eigenvalue weighted by atomic mass is 9.82. The summed E-state index contributed by atoms with van der Waals surface area (Å²) in [5.74, 6) is 0.153. The van der Waals surface area contributed by atoms with Gasteiger partial charge in [-0.25, -0.2) is 0 Å². The van der Waals surface area contributed by atoms with Crippen LogP contribution in [0.2, 0.25) is 5.02 Å². The molecule has 0 saturated heterocycles. The van der Waals surface area contributed by atoms with Crippen LogP contribution < -0.4 is 15.2 Å². The average molecular weight is 471 g/mol. The lowest BCUT2D eigenvalue weighted by Crippen LogP contribution is -2.21. The molecule has 2 heterocycles. The Hall–Kier alpha value is -4.41. The summed E-state index contributed by atoms with van der Waals surface area (Å²) in [6.07, 6.45) is 0. The lowest BCUT2D eigenvalue weighted by molar-refractivity contribution is 0.306. The van der Waals surface area contributed by atoms with E-state index < -0.39 is 5.92 Å². The maximum atomic E-state index is 10.6. The van der Waals surface area contributed by atoms with Crippen molar-refractivity contribution in [3.8, 4) is 34.7 Å². The first-order chi connectivity index (χ1) is 16.5. The minimum absolute atomic E-state index is 0.0143. The van der Waals surface area contributed by atoms with Crippen molar-refractivity contribution in [3.05, 3.63) is 106 Å². The largest absolute Gasteiger partial charge is 0.508 e. The van der Waals surface area contributed by atoms with Crippen LogP contribution in [-0.2, 0) is 6.61 Å². The van der Waals surface area contributed by atoms with Crippen LogP contribution in [0.25, 0.3) is 11.3 Å². The Morgan fingerprint density at radius 3 is 2.62 bits per heavy atom. The van der Waals surface area contributed by atoms with E-state index in [4.69, 9.17) is 26.8 Å². The summed E-state index contributed by atoms with van der Waals surface area (Å²) in [5.41, 5.74) is 9.71. The number of ether oxygens (including phenoxy) is 2. The van der Waals surface area contributed by atoms with Gasteiger partial charge in [0.2, 0.25) is 11.8 Å². The van der Waals surface area contributed by atoms with Gasteiger partial charge in [-0.3, -0.25) is 5.10 Å². The molecule has 4 N–H and O–H groups in total. The van der Waals surface area contributed by atoms with E-state index in [2.05, 4.69) is 16.3 Å². The first-order valence-electron chi connectivity index (χ1n) is 10.5. The Balaban J connectivity index is 1.52. The molecule has 0 aliphatic carbocycles.